The second-order valence-corrected chi connectivity index (χ2v) is 4.73. The lowest BCUT2D eigenvalue weighted by Crippen LogP contribution is -2.52. The smallest absolute Gasteiger partial charge is 0.237 e. The fourth-order valence-corrected chi connectivity index (χ4v) is 2.24. The monoisotopic (exact) mass is 217 g/mol. The van der Waals surface area contributed by atoms with Crippen molar-refractivity contribution in [3.8, 4) is 0 Å². The maximum Gasteiger partial charge on any atom is 0.237 e. The second kappa shape index (κ2) is 3.70. The third-order valence-corrected chi connectivity index (χ3v) is 3.63. The molecular weight excluding hydrogens is 202 g/mol. The topological polar surface area (TPSA) is 29.5 Å². The van der Waals surface area contributed by atoms with Gasteiger partial charge in [-0.2, -0.15) is 0 Å². The first-order valence-corrected chi connectivity index (χ1v) is 5.64. The quantitative estimate of drug-likeness (QED) is 0.652. The number of hydrogen-bond donors (Lipinski definition) is 0. The minimum atomic E-state index is 0.0492. The molecule has 14 heavy (non-hydrogen) atoms. The molecular formula is C10H16ClNO2. The third kappa shape index (κ3) is 1.75. The number of rotatable bonds is 2. The van der Waals surface area contributed by atoms with Crippen molar-refractivity contribution in [2.24, 2.45) is 5.41 Å². The summed E-state index contributed by atoms with van der Waals surface area (Å²) in [7, 11) is 0. The number of halogens is 1. The molecule has 2 fully saturated rings. The van der Waals surface area contributed by atoms with Crippen molar-refractivity contribution in [2.45, 2.75) is 25.8 Å². The van der Waals surface area contributed by atoms with E-state index in [2.05, 4.69) is 6.92 Å². The second-order valence-electron chi connectivity index (χ2n) is 4.47. The summed E-state index contributed by atoms with van der Waals surface area (Å²) < 4.78 is 5.44. The average molecular weight is 218 g/mol. The zero-order chi connectivity index (χ0) is 10.2. The van der Waals surface area contributed by atoms with Gasteiger partial charge in [0.2, 0.25) is 5.91 Å². The van der Waals surface area contributed by atoms with Gasteiger partial charge in [0.25, 0.3) is 0 Å². The molecule has 1 atom stereocenters. The Morgan fingerprint density at radius 1 is 1.64 bits per heavy atom. The predicted molar refractivity (Wildman–Crippen MR) is 54.4 cm³/mol. The van der Waals surface area contributed by atoms with E-state index in [9.17, 15) is 4.79 Å². The minimum absolute atomic E-state index is 0.0492. The summed E-state index contributed by atoms with van der Waals surface area (Å²) in [5.41, 5.74) is 0.294. The number of carbonyl (C=O) groups is 1. The normalized spacial score (nSPS) is 30.1. The van der Waals surface area contributed by atoms with E-state index in [0.29, 0.717) is 25.2 Å². The van der Waals surface area contributed by atoms with Crippen LogP contribution in [0.3, 0.4) is 0 Å². The predicted octanol–water partition coefficient (Wildman–Crippen LogP) is 1.25. The molecule has 1 unspecified atom stereocenters. The largest absolute Gasteiger partial charge is 0.377 e. The zero-order valence-corrected chi connectivity index (χ0v) is 9.22. The average Bonchev–Trinajstić information content (AvgIpc) is 2.97. The number of ether oxygens (including phenoxy) is 1. The molecule has 1 amide bonds. The van der Waals surface area contributed by atoms with Gasteiger partial charge in [-0.15, -0.1) is 11.6 Å². The molecule has 2 aliphatic rings. The number of nitrogens with zero attached hydrogens (tertiary/aromatic N) is 1. The highest BCUT2D eigenvalue weighted by Crippen LogP contribution is 2.50. The van der Waals surface area contributed by atoms with E-state index in [1.54, 1.807) is 0 Å². The van der Waals surface area contributed by atoms with Crippen LogP contribution in [0.2, 0.25) is 0 Å². The van der Waals surface area contributed by atoms with Gasteiger partial charge in [0.15, 0.2) is 0 Å². The van der Waals surface area contributed by atoms with E-state index in [1.807, 2.05) is 4.90 Å². The summed E-state index contributed by atoms with van der Waals surface area (Å²) in [4.78, 5) is 13.5. The zero-order valence-electron chi connectivity index (χ0n) is 8.46. The number of alkyl halides is 1. The molecule has 80 valence electrons. The van der Waals surface area contributed by atoms with Crippen molar-refractivity contribution in [1.82, 2.24) is 4.90 Å². The Bertz CT molecular complexity index is 240. The molecule has 1 aliphatic carbocycles. The molecule has 4 heteroatoms. The lowest BCUT2D eigenvalue weighted by Gasteiger charge is -2.39. The Morgan fingerprint density at radius 3 is 2.93 bits per heavy atom. The standard InChI is InChI=1S/C10H16ClNO2/c1-10(2-3-10)8-7-14-5-4-12(8)9(13)6-11/h8H,2-7H2,1H3. The fraction of sp³-hybridized carbons (Fsp3) is 0.900. The SMILES string of the molecule is CC1(C2COCCN2C(=O)CCl)CC1. The Kier molecular flexibility index (Phi) is 2.71. The Hall–Kier alpha value is -0.280. The van der Waals surface area contributed by atoms with Gasteiger partial charge in [-0.05, 0) is 18.3 Å². The van der Waals surface area contributed by atoms with Crippen LogP contribution in [0.1, 0.15) is 19.8 Å². The van der Waals surface area contributed by atoms with Crippen LogP contribution in [-0.4, -0.2) is 42.5 Å². The van der Waals surface area contributed by atoms with Crippen LogP contribution in [0.15, 0.2) is 0 Å². The van der Waals surface area contributed by atoms with E-state index < -0.39 is 0 Å². The molecule has 0 spiro atoms. The highest BCUT2D eigenvalue weighted by atomic mass is 35.5. The van der Waals surface area contributed by atoms with Gasteiger partial charge >= 0.3 is 0 Å². The van der Waals surface area contributed by atoms with Crippen LogP contribution in [0.4, 0.5) is 0 Å². The van der Waals surface area contributed by atoms with Gasteiger partial charge in [-0.1, -0.05) is 6.92 Å². The lowest BCUT2D eigenvalue weighted by atomic mass is 9.97. The van der Waals surface area contributed by atoms with E-state index >= 15 is 0 Å². The van der Waals surface area contributed by atoms with Gasteiger partial charge in [0, 0.05) is 6.54 Å². The van der Waals surface area contributed by atoms with Crippen LogP contribution in [0.25, 0.3) is 0 Å². The first-order chi connectivity index (χ1) is 6.67. The molecule has 0 N–H and O–H groups in total. The summed E-state index contributed by atoms with van der Waals surface area (Å²) in [6.07, 6.45) is 2.40. The maximum atomic E-state index is 11.6. The van der Waals surface area contributed by atoms with Gasteiger partial charge in [0.1, 0.15) is 5.88 Å². The van der Waals surface area contributed by atoms with Gasteiger partial charge in [-0.25, -0.2) is 0 Å². The molecule has 1 heterocycles. The van der Waals surface area contributed by atoms with E-state index in [4.69, 9.17) is 16.3 Å². The number of carbonyl (C=O) groups excluding carboxylic acids is 1. The van der Waals surface area contributed by atoms with Gasteiger partial charge < -0.3 is 9.64 Å². The lowest BCUT2D eigenvalue weighted by molar-refractivity contribution is -0.140. The number of amides is 1. The van der Waals surface area contributed by atoms with Crippen LogP contribution in [-0.2, 0) is 9.53 Å². The summed E-state index contributed by atoms with van der Waals surface area (Å²) in [5.74, 6) is 0.139. The van der Waals surface area contributed by atoms with Crippen LogP contribution < -0.4 is 0 Å². The number of morpholine rings is 1. The van der Waals surface area contributed by atoms with Crippen molar-refractivity contribution in [3.05, 3.63) is 0 Å². The first kappa shape index (κ1) is 10.2. The minimum Gasteiger partial charge on any atom is -0.377 e. The Morgan fingerprint density at radius 2 is 2.36 bits per heavy atom. The third-order valence-electron chi connectivity index (χ3n) is 3.41. The fourth-order valence-electron chi connectivity index (χ4n) is 2.09. The molecule has 0 aromatic carbocycles. The maximum absolute atomic E-state index is 11.6. The molecule has 0 aromatic rings. The first-order valence-electron chi connectivity index (χ1n) is 5.10. The highest BCUT2D eigenvalue weighted by molar-refractivity contribution is 6.27. The molecule has 0 radical (unpaired) electrons. The van der Waals surface area contributed by atoms with E-state index in [1.165, 1.54) is 12.8 Å². The van der Waals surface area contributed by atoms with E-state index in [-0.39, 0.29) is 17.8 Å². The van der Waals surface area contributed by atoms with E-state index in [0.717, 1.165) is 0 Å². The van der Waals surface area contributed by atoms with Crippen molar-refractivity contribution in [3.63, 3.8) is 0 Å². The van der Waals surface area contributed by atoms with Gasteiger partial charge in [0.05, 0.1) is 19.3 Å². The number of hydrogen-bond acceptors (Lipinski definition) is 2. The van der Waals surface area contributed by atoms with Crippen molar-refractivity contribution in [2.75, 3.05) is 25.6 Å². The Balaban J connectivity index is 2.07. The molecule has 0 bridgehead atoms. The van der Waals surface area contributed by atoms with Gasteiger partial charge in [-0.3, -0.25) is 4.79 Å². The molecule has 2 rings (SSSR count). The van der Waals surface area contributed by atoms with Crippen molar-refractivity contribution in [1.29, 1.82) is 0 Å². The van der Waals surface area contributed by atoms with Crippen LogP contribution >= 0.6 is 11.6 Å². The molecule has 3 nitrogen and oxygen atoms in total. The van der Waals surface area contributed by atoms with Crippen LogP contribution in [0.5, 0.6) is 0 Å². The summed E-state index contributed by atoms with van der Waals surface area (Å²) in [6, 6.07) is 0.252. The van der Waals surface area contributed by atoms with Crippen molar-refractivity contribution < 1.29 is 9.53 Å². The van der Waals surface area contributed by atoms with Crippen LogP contribution in [0, 0.1) is 5.41 Å². The molecule has 1 aliphatic heterocycles. The Labute approximate surface area is 89.4 Å². The summed E-state index contributed by atoms with van der Waals surface area (Å²) in [6.45, 7) is 4.25. The highest BCUT2D eigenvalue weighted by Gasteiger charge is 2.49. The summed E-state index contributed by atoms with van der Waals surface area (Å²) in [5, 5.41) is 0. The van der Waals surface area contributed by atoms with Crippen molar-refractivity contribution >= 4 is 17.5 Å². The molecule has 1 saturated carbocycles. The molecule has 1 saturated heterocycles. The summed E-state index contributed by atoms with van der Waals surface area (Å²) >= 11 is 5.59. The molecule has 0 aromatic heterocycles.